The normalized spacial score (nSPS) is 15.7. The summed E-state index contributed by atoms with van der Waals surface area (Å²) in [4.78, 5) is 15.7. The summed E-state index contributed by atoms with van der Waals surface area (Å²) >= 11 is 0. The average Bonchev–Trinajstić information content (AvgIpc) is 3.20. The molecule has 1 aliphatic rings. The van der Waals surface area contributed by atoms with Gasteiger partial charge in [-0.05, 0) is 62.6 Å². The van der Waals surface area contributed by atoms with Crippen LogP contribution >= 0.6 is 0 Å². The van der Waals surface area contributed by atoms with Crippen molar-refractivity contribution in [2.45, 2.75) is 52.4 Å². The van der Waals surface area contributed by atoms with E-state index in [0.29, 0.717) is 5.75 Å². The number of amides is 1. The highest BCUT2D eigenvalue weighted by Gasteiger charge is 2.33. The molecule has 1 fully saturated rings. The molecule has 0 spiro atoms. The van der Waals surface area contributed by atoms with Crippen LogP contribution in [0.1, 0.15) is 51.5 Å². The molecule has 0 saturated heterocycles. The van der Waals surface area contributed by atoms with E-state index in [1.165, 1.54) is 31.2 Å². The van der Waals surface area contributed by atoms with E-state index in [9.17, 15) is 4.79 Å². The minimum atomic E-state index is -0.476. The van der Waals surface area contributed by atoms with Crippen LogP contribution in [0.3, 0.4) is 0 Å². The van der Waals surface area contributed by atoms with Gasteiger partial charge in [0.25, 0.3) is 5.91 Å². The van der Waals surface area contributed by atoms with Gasteiger partial charge in [-0.2, -0.15) is 0 Å². The standard InChI is InChI=1S/C23H38N4O3/c1-3-25-22(27-18-23(12-5-6-13-23)14-16-29-4-2)26-15-11-19-7-9-20(10-8-19)30-17-21(24)28/h7-10H,3-6,11-18H2,1-2H3,(H2,24,28)(H2,25,26,27). The molecule has 4 N–H and O–H groups in total. The van der Waals surface area contributed by atoms with Gasteiger partial charge in [-0.3, -0.25) is 9.79 Å². The van der Waals surface area contributed by atoms with E-state index >= 15 is 0 Å². The molecule has 1 aromatic rings. The minimum Gasteiger partial charge on any atom is -0.484 e. The van der Waals surface area contributed by atoms with Crippen molar-refractivity contribution in [3.8, 4) is 5.75 Å². The molecule has 0 unspecified atom stereocenters. The molecule has 30 heavy (non-hydrogen) atoms. The van der Waals surface area contributed by atoms with Crippen molar-refractivity contribution in [3.63, 3.8) is 0 Å². The summed E-state index contributed by atoms with van der Waals surface area (Å²) in [6.45, 7) is 8.12. The molecule has 1 amide bonds. The van der Waals surface area contributed by atoms with Crippen LogP contribution in [-0.2, 0) is 16.0 Å². The first-order valence-electron chi connectivity index (χ1n) is 11.2. The Morgan fingerprint density at radius 1 is 1.17 bits per heavy atom. The fraction of sp³-hybridized carbons (Fsp3) is 0.652. The number of benzene rings is 1. The molecule has 0 heterocycles. The largest absolute Gasteiger partial charge is 0.484 e. The van der Waals surface area contributed by atoms with Crippen molar-refractivity contribution < 1.29 is 14.3 Å². The van der Waals surface area contributed by atoms with E-state index < -0.39 is 5.91 Å². The van der Waals surface area contributed by atoms with Gasteiger partial charge in [0.2, 0.25) is 0 Å². The SMILES string of the molecule is CCNC(=NCC1(CCOCC)CCCC1)NCCc1ccc(OCC(N)=O)cc1. The van der Waals surface area contributed by atoms with Crippen molar-refractivity contribution >= 4 is 11.9 Å². The zero-order valence-corrected chi connectivity index (χ0v) is 18.5. The van der Waals surface area contributed by atoms with Crippen molar-refractivity contribution in [1.29, 1.82) is 0 Å². The number of hydrogen-bond acceptors (Lipinski definition) is 4. The van der Waals surface area contributed by atoms with Crippen molar-refractivity contribution in [2.24, 2.45) is 16.1 Å². The minimum absolute atomic E-state index is 0.102. The van der Waals surface area contributed by atoms with Crippen LogP contribution in [0.25, 0.3) is 0 Å². The number of nitrogens with two attached hydrogens (primary N) is 1. The van der Waals surface area contributed by atoms with Crippen LogP contribution in [0.15, 0.2) is 29.3 Å². The van der Waals surface area contributed by atoms with Crippen molar-refractivity contribution in [3.05, 3.63) is 29.8 Å². The van der Waals surface area contributed by atoms with Crippen LogP contribution < -0.4 is 21.1 Å². The number of guanidine groups is 1. The Hall–Kier alpha value is -2.28. The van der Waals surface area contributed by atoms with Gasteiger partial charge in [0.1, 0.15) is 5.75 Å². The van der Waals surface area contributed by atoms with Gasteiger partial charge < -0.3 is 25.8 Å². The maximum atomic E-state index is 10.8. The number of carbonyl (C=O) groups is 1. The molecule has 0 aliphatic heterocycles. The topological polar surface area (TPSA) is 98.0 Å². The molecule has 1 aromatic carbocycles. The van der Waals surface area contributed by atoms with Gasteiger partial charge in [-0.1, -0.05) is 25.0 Å². The summed E-state index contributed by atoms with van der Waals surface area (Å²) < 4.78 is 10.9. The number of hydrogen-bond donors (Lipinski definition) is 3. The summed E-state index contributed by atoms with van der Waals surface area (Å²) in [6, 6.07) is 7.73. The molecular weight excluding hydrogens is 380 g/mol. The highest BCUT2D eigenvalue weighted by atomic mass is 16.5. The third kappa shape index (κ3) is 8.61. The molecular formula is C23H38N4O3. The lowest BCUT2D eigenvalue weighted by Gasteiger charge is -2.27. The zero-order valence-electron chi connectivity index (χ0n) is 18.5. The second kappa shape index (κ2) is 13.1. The van der Waals surface area contributed by atoms with Crippen LogP contribution in [0.2, 0.25) is 0 Å². The molecule has 1 aliphatic carbocycles. The fourth-order valence-electron chi connectivity index (χ4n) is 3.87. The third-order valence-corrected chi connectivity index (χ3v) is 5.57. The molecule has 0 bridgehead atoms. The van der Waals surface area contributed by atoms with E-state index in [2.05, 4.69) is 17.6 Å². The number of nitrogens with zero attached hydrogens (tertiary/aromatic N) is 1. The fourth-order valence-corrected chi connectivity index (χ4v) is 3.87. The quantitative estimate of drug-likeness (QED) is 0.260. The van der Waals surface area contributed by atoms with Crippen molar-refractivity contribution in [1.82, 2.24) is 10.6 Å². The second-order valence-electron chi connectivity index (χ2n) is 7.92. The number of nitrogens with one attached hydrogen (secondary N) is 2. The average molecular weight is 419 g/mol. The summed E-state index contributed by atoms with van der Waals surface area (Å²) in [5, 5.41) is 6.81. The number of primary amides is 1. The van der Waals surface area contributed by atoms with Gasteiger partial charge in [0.05, 0.1) is 0 Å². The first kappa shape index (κ1) is 24.0. The first-order chi connectivity index (χ1) is 14.6. The van der Waals surface area contributed by atoms with Gasteiger partial charge in [-0.15, -0.1) is 0 Å². The van der Waals surface area contributed by atoms with Gasteiger partial charge in [-0.25, -0.2) is 0 Å². The highest BCUT2D eigenvalue weighted by molar-refractivity contribution is 5.79. The monoisotopic (exact) mass is 418 g/mol. The van der Waals surface area contributed by atoms with E-state index in [4.69, 9.17) is 20.2 Å². The Morgan fingerprint density at radius 3 is 2.53 bits per heavy atom. The van der Waals surface area contributed by atoms with E-state index in [1.54, 1.807) is 0 Å². The summed E-state index contributed by atoms with van der Waals surface area (Å²) in [5.41, 5.74) is 6.57. The van der Waals surface area contributed by atoms with Crippen LogP contribution in [0, 0.1) is 5.41 Å². The summed E-state index contributed by atoms with van der Waals surface area (Å²) in [7, 11) is 0. The molecule has 0 radical (unpaired) electrons. The Bertz CT molecular complexity index is 655. The predicted octanol–water partition coefficient (Wildman–Crippen LogP) is 2.64. The third-order valence-electron chi connectivity index (χ3n) is 5.57. The zero-order chi connectivity index (χ0) is 21.7. The predicted molar refractivity (Wildman–Crippen MR) is 121 cm³/mol. The van der Waals surface area contributed by atoms with Crippen LogP contribution in [0.4, 0.5) is 0 Å². The van der Waals surface area contributed by atoms with Gasteiger partial charge >= 0.3 is 0 Å². The van der Waals surface area contributed by atoms with E-state index in [1.807, 2.05) is 31.2 Å². The molecule has 1 saturated carbocycles. The van der Waals surface area contributed by atoms with Crippen LogP contribution in [0.5, 0.6) is 5.75 Å². The lowest BCUT2D eigenvalue weighted by Crippen LogP contribution is -2.39. The highest BCUT2D eigenvalue weighted by Crippen LogP contribution is 2.41. The molecule has 7 nitrogen and oxygen atoms in total. The lowest BCUT2D eigenvalue weighted by molar-refractivity contribution is -0.119. The van der Waals surface area contributed by atoms with Gasteiger partial charge in [0.15, 0.2) is 12.6 Å². The molecule has 0 atom stereocenters. The molecule has 168 valence electrons. The maximum absolute atomic E-state index is 10.8. The molecule has 2 rings (SSSR count). The van der Waals surface area contributed by atoms with E-state index in [0.717, 1.165) is 51.6 Å². The smallest absolute Gasteiger partial charge is 0.255 e. The van der Waals surface area contributed by atoms with Gasteiger partial charge in [0, 0.05) is 32.8 Å². The van der Waals surface area contributed by atoms with Crippen molar-refractivity contribution in [2.75, 3.05) is 39.5 Å². The number of rotatable bonds is 13. The number of ether oxygens (including phenoxy) is 2. The number of carbonyl (C=O) groups excluding carboxylic acids is 1. The first-order valence-corrected chi connectivity index (χ1v) is 11.2. The number of aliphatic imine (C=N–C) groups is 1. The Balaban J connectivity index is 1.83. The van der Waals surface area contributed by atoms with E-state index in [-0.39, 0.29) is 12.0 Å². The molecule has 7 heteroatoms. The summed E-state index contributed by atoms with van der Waals surface area (Å²) in [5.74, 6) is 1.05. The Kier molecular flexibility index (Phi) is 10.5. The maximum Gasteiger partial charge on any atom is 0.255 e. The Labute approximate surface area is 180 Å². The second-order valence-corrected chi connectivity index (χ2v) is 7.92. The summed E-state index contributed by atoms with van der Waals surface area (Å²) in [6.07, 6.45) is 7.04. The lowest BCUT2D eigenvalue weighted by atomic mass is 9.83. The Morgan fingerprint density at radius 2 is 1.90 bits per heavy atom. The molecule has 0 aromatic heterocycles. The van der Waals surface area contributed by atoms with Crippen LogP contribution in [-0.4, -0.2) is 51.3 Å².